The van der Waals surface area contributed by atoms with Gasteiger partial charge in [-0.25, -0.2) is 9.78 Å². The van der Waals surface area contributed by atoms with Gasteiger partial charge in [-0.15, -0.1) is 0 Å². The van der Waals surface area contributed by atoms with Crippen molar-refractivity contribution in [2.45, 2.75) is 6.54 Å². The van der Waals surface area contributed by atoms with Crippen molar-refractivity contribution in [1.82, 2.24) is 19.7 Å². The van der Waals surface area contributed by atoms with Gasteiger partial charge in [0.2, 0.25) is 0 Å². The van der Waals surface area contributed by atoms with Gasteiger partial charge in [-0.3, -0.25) is 4.90 Å². The maximum absolute atomic E-state index is 11.8. The van der Waals surface area contributed by atoms with Crippen LogP contribution in [0.1, 0.15) is 5.56 Å². The lowest BCUT2D eigenvalue weighted by molar-refractivity contribution is 0.120. The van der Waals surface area contributed by atoms with Crippen molar-refractivity contribution in [2.75, 3.05) is 40.3 Å². The third-order valence-electron chi connectivity index (χ3n) is 3.22. The fourth-order valence-electron chi connectivity index (χ4n) is 2.18. The minimum Gasteiger partial charge on any atom is -0.331 e. The van der Waals surface area contributed by atoms with Gasteiger partial charge in [0.25, 0.3) is 0 Å². The Morgan fingerprint density at radius 3 is 2.63 bits per heavy atom. The molecule has 2 amide bonds. The van der Waals surface area contributed by atoms with Crippen molar-refractivity contribution in [1.29, 1.82) is 0 Å². The minimum atomic E-state index is 0.0894. The van der Waals surface area contributed by atoms with Gasteiger partial charge in [0, 0.05) is 53.0 Å². The van der Waals surface area contributed by atoms with E-state index >= 15 is 0 Å². The highest BCUT2D eigenvalue weighted by molar-refractivity contribution is 6.29. The Labute approximate surface area is 118 Å². The number of halogens is 1. The number of pyridine rings is 1. The minimum absolute atomic E-state index is 0.0894. The topological polar surface area (TPSA) is 39.7 Å². The largest absolute Gasteiger partial charge is 0.331 e. The number of piperazine rings is 1. The first-order valence-electron chi connectivity index (χ1n) is 6.35. The maximum atomic E-state index is 11.8. The molecule has 1 fully saturated rings. The number of carbonyl (C=O) groups is 1. The summed E-state index contributed by atoms with van der Waals surface area (Å²) in [5, 5.41) is 0.527. The number of hydrogen-bond donors (Lipinski definition) is 0. The van der Waals surface area contributed by atoms with Crippen molar-refractivity contribution in [3.8, 4) is 0 Å². The van der Waals surface area contributed by atoms with Crippen LogP contribution < -0.4 is 0 Å². The van der Waals surface area contributed by atoms with Gasteiger partial charge in [0.15, 0.2) is 0 Å². The van der Waals surface area contributed by atoms with E-state index in [1.54, 1.807) is 25.2 Å². The van der Waals surface area contributed by atoms with Gasteiger partial charge < -0.3 is 9.80 Å². The highest BCUT2D eigenvalue weighted by Gasteiger charge is 2.21. The van der Waals surface area contributed by atoms with Crippen LogP contribution in [-0.2, 0) is 6.54 Å². The highest BCUT2D eigenvalue weighted by Crippen LogP contribution is 2.12. The summed E-state index contributed by atoms with van der Waals surface area (Å²) in [6.07, 6.45) is 1.73. The summed E-state index contributed by atoms with van der Waals surface area (Å²) in [5.41, 5.74) is 1.16. The van der Waals surface area contributed by atoms with E-state index in [4.69, 9.17) is 11.6 Å². The van der Waals surface area contributed by atoms with Crippen LogP contribution in [0, 0.1) is 0 Å². The lowest BCUT2D eigenvalue weighted by atomic mass is 10.2. The molecule has 104 valence electrons. The molecule has 1 aliphatic heterocycles. The average molecular weight is 283 g/mol. The fraction of sp³-hybridized carbons (Fsp3) is 0.538. The number of nitrogens with zero attached hydrogens (tertiary/aromatic N) is 4. The zero-order valence-electron chi connectivity index (χ0n) is 11.3. The molecule has 2 heterocycles. The molecule has 1 aromatic heterocycles. The van der Waals surface area contributed by atoms with E-state index in [2.05, 4.69) is 9.88 Å². The van der Waals surface area contributed by atoms with E-state index in [-0.39, 0.29) is 6.03 Å². The third kappa shape index (κ3) is 3.81. The molecule has 0 atom stereocenters. The molecule has 0 saturated carbocycles. The van der Waals surface area contributed by atoms with E-state index in [0.717, 1.165) is 38.3 Å². The number of aromatic nitrogens is 1. The average Bonchev–Trinajstić information content (AvgIpc) is 2.39. The summed E-state index contributed by atoms with van der Waals surface area (Å²) in [6, 6.07) is 3.95. The number of hydrogen-bond acceptors (Lipinski definition) is 3. The molecule has 0 radical (unpaired) electrons. The van der Waals surface area contributed by atoms with Crippen LogP contribution in [0.2, 0.25) is 5.15 Å². The summed E-state index contributed by atoms with van der Waals surface area (Å²) in [7, 11) is 3.57. The van der Waals surface area contributed by atoms with Gasteiger partial charge in [-0.1, -0.05) is 11.6 Å². The molecular weight excluding hydrogens is 264 g/mol. The molecule has 19 heavy (non-hydrogen) atoms. The van der Waals surface area contributed by atoms with Crippen molar-refractivity contribution in [3.05, 3.63) is 29.0 Å². The van der Waals surface area contributed by atoms with Crippen LogP contribution in [0.4, 0.5) is 4.79 Å². The SMILES string of the molecule is CN(C)C(=O)N1CCN(Cc2ccnc(Cl)c2)CC1. The van der Waals surface area contributed by atoms with E-state index in [0.29, 0.717) is 5.15 Å². The summed E-state index contributed by atoms with van der Waals surface area (Å²) >= 11 is 5.87. The second-order valence-electron chi connectivity index (χ2n) is 4.93. The third-order valence-corrected chi connectivity index (χ3v) is 3.43. The summed E-state index contributed by atoms with van der Waals surface area (Å²) in [6.45, 7) is 4.18. The quantitative estimate of drug-likeness (QED) is 0.773. The first kappa shape index (κ1) is 14.1. The first-order valence-corrected chi connectivity index (χ1v) is 6.73. The zero-order valence-corrected chi connectivity index (χ0v) is 12.1. The van der Waals surface area contributed by atoms with Gasteiger partial charge in [0.1, 0.15) is 5.15 Å². The number of rotatable bonds is 2. The molecule has 2 rings (SSSR count). The smallest absolute Gasteiger partial charge is 0.319 e. The van der Waals surface area contributed by atoms with Gasteiger partial charge >= 0.3 is 6.03 Å². The van der Waals surface area contributed by atoms with Crippen molar-refractivity contribution in [3.63, 3.8) is 0 Å². The van der Waals surface area contributed by atoms with Crippen LogP contribution in [-0.4, -0.2) is 66.0 Å². The van der Waals surface area contributed by atoms with E-state index in [9.17, 15) is 4.79 Å². The Morgan fingerprint density at radius 1 is 1.37 bits per heavy atom. The first-order chi connectivity index (χ1) is 9.06. The summed E-state index contributed by atoms with van der Waals surface area (Å²) < 4.78 is 0. The molecule has 0 bridgehead atoms. The molecular formula is C13H19ClN4O. The molecule has 5 nitrogen and oxygen atoms in total. The van der Waals surface area contributed by atoms with Crippen molar-refractivity contribution >= 4 is 17.6 Å². The van der Waals surface area contributed by atoms with Crippen LogP contribution in [0.5, 0.6) is 0 Å². The summed E-state index contributed by atoms with van der Waals surface area (Å²) in [4.78, 5) is 21.6. The number of carbonyl (C=O) groups excluding carboxylic acids is 1. The van der Waals surface area contributed by atoms with Crippen LogP contribution in [0.15, 0.2) is 18.3 Å². The Kier molecular flexibility index (Phi) is 4.61. The predicted octanol–water partition coefficient (Wildman–Crippen LogP) is 1.53. The van der Waals surface area contributed by atoms with E-state index in [1.807, 2.05) is 17.0 Å². The van der Waals surface area contributed by atoms with E-state index in [1.165, 1.54) is 0 Å². The Hall–Kier alpha value is -1.33. The molecule has 0 aromatic carbocycles. The number of urea groups is 1. The molecule has 0 spiro atoms. The fourth-order valence-corrected chi connectivity index (χ4v) is 2.38. The Bertz CT molecular complexity index is 444. The van der Waals surface area contributed by atoms with Crippen LogP contribution in [0.25, 0.3) is 0 Å². The molecule has 1 aliphatic rings. The lowest BCUT2D eigenvalue weighted by Gasteiger charge is -2.35. The highest BCUT2D eigenvalue weighted by atomic mass is 35.5. The van der Waals surface area contributed by atoms with Crippen molar-refractivity contribution < 1.29 is 4.79 Å². The molecule has 0 aliphatic carbocycles. The van der Waals surface area contributed by atoms with Gasteiger partial charge in [-0.2, -0.15) is 0 Å². The molecule has 1 aromatic rings. The van der Waals surface area contributed by atoms with Gasteiger partial charge in [-0.05, 0) is 17.7 Å². The lowest BCUT2D eigenvalue weighted by Crippen LogP contribution is -2.51. The van der Waals surface area contributed by atoms with E-state index < -0.39 is 0 Å². The molecule has 0 unspecified atom stereocenters. The van der Waals surface area contributed by atoms with Crippen LogP contribution >= 0.6 is 11.6 Å². The standard InChI is InChI=1S/C13H19ClN4O/c1-16(2)13(19)18-7-5-17(6-8-18)10-11-3-4-15-12(14)9-11/h3-4,9H,5-8,10H2,1-2H3. The second-order valence-corrected chi connectivity index (χ2v) is 5.31. The maximum Gasteiger partial charge on any atom is 0.319 e. The molecule has 6 heteroatoms. The Morgan fingerprint density at radius 2 is 2.05 bits per heavy atom. The predicted molar refractivity (Wildman–Crippen MR) is 75.2 cm³/mol. The van der Waals surface area contributed by atoms with Crippen molar-refractivity contribution in [2.24, 2.45) is 0 Å². The normalized spacial score (nSPS) is 16.5. The Balaban J connectivity index is 1.85. The van der Waals surface area contributed by atoms with Crippen LogP contribution in [0.3, 0.4) is 0 Å². The monoisotopic (exact) mass is 282 g/mol. The second kappa shape index (κ2) is 6.21. The molecule has 0 N–H and O–H groups in total. The number of amides is 2. The molecule has 1 saturated heterocycles. The van der Waals surface area contributed by atoms with Gasteiger partial charge in [0.05, 0.1) is 0 Å². The zero-order chi connectivity index (χ0) is 13.8. The summed E-state index contributed by atoms with van der Waals surface area (Å²) in [5.74, 6) is 0.